The summed E-state index contributed by atoms with van der Waals surface area (Å²) in [6, 6.07) is 4.30. The minimum Gasteiger partial charge on any atom is -0.383 e. The molecule has 5 nitrogen and oxygen atoms in total. The van der Waals surface area contributed by atoms with Crippen LogP contribution in [0.5, 0.6) is 0 Å². The van der Waals surface area contributed by atoms with Crippen LogP contribution < -0.4 is 5.32 Å². The molecule has 2 unspecified atom stereocenters. The molecule has 1 aromatic rings. The molecule has 8 heteroatoms. The van der Waals surface area contributed by atoms with Crippen molar-refractivity contribution in [2.75, 3.05) is 33.4 Å². The maximum absolute atomic E-state index is 13.1. The number of ether oxygens (including phenoxy) is 1. The van der Waals surface area contributed by atoms with Crippen molar-refractivity contribution in [2.45, 2.75) is 57.3 Å². The van der Waals surface area contributed by atoms with E-state index in [1.807, 2.05) is 0 Å². The molecule has 1 saturated carbocycles. The molecule has 1 fully saturated rings. The first-order valence-electron chi connectivity index (χ1n) is 10.6. The second kappa shape index (κ2) is 11.7. The van der Waals surface area contributed by atoms with Crippen molar-refractivity contribution in [3.05, 3.63) is 35.4 Å². The average molecular weight is 431 g/mol. The highest BCUT2D eigenvalue weighted by molar-refractivity contribution is 5.81. The van der Waals surface area contributed by atoms with Gasteiger partial charge >= 0.3 is 6.18 Å². The Hall–Kier alpha value is -1.64. The molecule has 170 valence electrons. The number of rotatable bonds is 10. The van der Waals surface area contributed by atoms with E-state index >= 15 is 0 Å². The highest BCUT2D eigenvalue weighted by Crippen LogP contribution is 2.32. The van der Waals surface area contributed by atoms with E-state index in [4.69, 9.17) is 4.74 Å². The van der Waals surface area contributed by atoms with E-state index in [9.17, 15) is 23.1 Å². The normalized spacial score (nSPS) is 17.5. The van der Waals surface area contributed by atoms with E-state index < -0.39 is 29.8 Å². The smallest absolute Gasteiger partial charge is 0.383 e. The maximum Gasteiger partial charge on any atom is 0.416 e. The zero-order chi connectivity index (χ0) is 22.1. The van der Waals surface area contributed by atoms with Crippen molar-refractivity contribution in [2.24, 2.45) is 5.92 Å². The molecule has 30 heavy (non-hydrogen) atoms. The third kappa shape index (κ3) is 7.25. The molecule has 0 bridgehead atoms. The van der Waals surface area contributed by atoms with E-state index in [0.717, 1.165) is 31.5 Å². The quantitative estimate of drug-likeness (QED) is 0.593. The summed E-state index contributed by atoms with van der Waals surface area (Å²) in [5.74, 6) is 0.0442. The summed E-state index contributed by atoms with van der Waals surface area (Å²) in [6.07, 6.45) is 0.283. The molecular weight excluding hydrogens is 397 g/mol. The van der Waals surface area contributed by atoms with Crippen molar-refractivity contribution >= 4 is 5.91 Å². The fourth-order valence-corrected chi connectivity index (χ4v) is 3.93. The van der Waals surface area contributed by atoms with E-state index in [1.165, 1.54) is 37.3 Å². The number of aliphatic hydroxyl groups is 1. The highest BCUT2D eigenvalue weighted by Gasteiger charge is 2.32. The molecule has 0 radical (unpaired) electrons. The largest absolute Gasteiger partial charge is 0.416 e. The predicted octanol–water partition coefficient (Wildman–Crippen LogP) is 3.77. The van der Waals surface area contributed by atoms with Crippen LogP contribution >= 0.6 is 0 Å². The van der Waals surface area contributed by atoms with Crippen LogP contribution in [0.1, 0.15) is 56.2 Å². The molecule has 1 aromatic carbocycles. The lowest BCUT2D eigenvalue weighted by molar-refractivity contribution is -0.143. The first-order chi connectivity index (χ1) is 14.2. The van der Waals surface area contributed by atoms with Gasteiger partial charge in [0.2, 0.25) is 0 Å². The number of hydrogen-bond donors (Lipinski definition) is 2. The third-order valence-electron chi connectivity index (χ3n) is 5.76. The standard InChI is InChI=1S/C22H33F3N2O3/c1-16(18-9-6-10-19(13-18)22(23,24)25)27(11-12-30-2)21(29)20(28)15-26-14-17-7-4-3-5-8-17/h6,9-10,13,16-17,20,26,28H,3-5,7-8,11-12,14-15H2,1-2H3. The SMILES string of the molecule is COCCN(C(=O)C(O)CNCC1CCCCC1)C(C)c1cccc(C(F)(F)F)c1. The van der Waals surface area contributed by atoms with Gasteiger partial charge in [-0.1, -0.05) is 31.4 Å². The van der Waals surface area contributed by atoms with Crippen LogP contribution in [0.2, 0.25) is 0 Å². The van der Waals surface area contributed by atoms with E-state index in [2.05, 4.69) is 5.32 Å². The van der Waals surface area contributed by atoms with Gasteiger partial charge in [-0.2, -0.15) is 13.2 Å². The lowest BCUT2D eigenvalue weighted by Crippen LogP contribution is -2.46. The minimum atomic E-state index is -4.46. The number of aliphatic hydroxyl groups excluding tert-OH is 1. The van der Waals surface area contributed by atoms with Gasteiger partial charge in [0.25, 0.3) is 5.91 Å². The number of carbonyl (C=O) groups is 1. The summed E-state index contributed by atoms with van der Waals surface area (Å²) >= 11 is 0. The number of methoxy groups -OCH3 is 1. The molecule has 1 amide bonds. The summed E-state index contributed by atoms with van der Waals surface area (Å²) in [4.78, 5) is 14.3. The van der Waals surface area contributed by atoms with E-state index in [1.54, 1.807) is 13.0 Å². The van der Waals surface area contributed by atoms with Crippen LogP contribution in [0.4, 0.5) is 13.2 Å². The minimum absolute atomic E-state index is 0.119. The molecule has 0 heterocycles. The van der Waals surface area contributed by atoms with Crippen LogP contribution in [0.25, 0.3) is 0 Å². The number of amides is 1. The average Bonchev–Trinajstić information content (AvgIpc) is 2.73. The summed E-state index contributed by atoms with van der Waals surface area (Å²) in [7, 11) is 1.49. The Bertz CT molecular complexity index is 663. The highest BCUT2D eigenvalue weighted by atomic mass is 19.4. The predicted molar refractivity (Wildman–Crippen MR) is 109 cm³/mol. The topological polar surface area (TPSA) is 61.8 Å². The van der Waals surface area contributed by atoms with Crippen LogP contribution in [0.3, 0.4) is 0 Å². The second-order valence-corrected chi connectivity index (χ2v) is 8.00. The van der Waals surface area contributed by atoms with Gasteiger partial charge in [0.1, 0.15) is 6.10 Å². The lowest BCUT2D eigenvalue weighted by Gasteiger charge is -2.32. The van der Waals surface area contributed by atoms with Gasteiger partial charge in [0, 0.05) is 20.2 Å². The van der Waals surface area contributed by atoms with Crippen LogP contribution in [0, 0.1) is 5.92 Å². The Kier molecular flexibility index (Phi) is 9.58. The van der Waals surface area contributed by atoms with Crippen molar-refractivity contribution in [3.63, 3.8) is 0 Å². The van der Waals surface area contributed by atoms with Crippen LogP contribution in [-0.2, 0) is 15.7 Å². The van der Waals surface area contributed by atoms with Crippen molar-refractivity contribution in [1.29, 1.82) is 0 Å². The molecule has 0 aromatic heterocycles. The molecule has 2 N–H and O–H groups in total. The van der Waals surface area contributed by atoms with Crippen LogP contribution in [0.15, 0.2) is 24.3 Å². The Morgan fingerprint density at radius 2 is 2.00 bits per heavy atom. The van der Waals surface area contributed by atoms with Crippen molar-refractivity contribution in [1.82, 2.24) is 10.2 Å². The third-order valence-corrected chi connectivity index (χ3v) is 5.76. The molecule has 2 atom stereocenters. The molecule has 2 rings (SSSR count). The van der Waals surface area contributed by atoms with Crippen molar-refractivity contribution in [3.8, 4) is 0 Å². The fourth-order valence-electron chi connectivity index (χ4n) is 3.93. The Labute approximate surface area is 176 Å². The van der Waals surface area contributed by atoms with Gasteiger partial charge in [-0.15, -0.1) is 0 Å². The maximum atomic E-state index is 13.1. The molecule has 1 aliphatic carbocycles. The number of benzene rings is 1. The first-order valence-corrected chi connectivity index (χ1v) is 10.6. The van der Waals surface area contributed by atoms with Crippen molar-refractivity contribution < 1.29 is 27.8 Å². The molecule has 1 aliphatic rings. The summed E-state index contributed by atoms with van der Waals surface area (Å²) in [5, 5.41) is 13.6. The number of nitrogens with one attached hydrogen (secondary N) is 1. The summed E-state index contributed by atoms with van der Waals surface area (Å²) < 4.78 is 44.3. The first kappa shape index (κ1) is 24.6. The summed E-state index contributed by atoms with van der Waals surface area (Å²) in [5.41, 5.74) is -0.405. The lowest BCUT2D eigenvalue weighted by atomic mass is 9.89. The van der Waals surface area contributed by atoms with Gasteiger partial charge < -0.3 is 20.1 Å². The number of alkyl halides is 3. The Balaban J connectivity index is 2.02. The zero-order valence-corrected chi connectivity index (χ0v) is 17.8. The van der Waals surface area contributed by atoms with Gasteiger partial charge in [-0.25, -0.2) is 0 Å². The zero-order valence-electron chi connectivity index (χ0n) is 17.8. The van der Waals surface area contributed by atoms with Gasteiger partial charge in [-0.3, -0.25) is 4.79 Å². The van der Waals surface area contributed by atoms with Gasteiger partial charge in [0.05, 0.1) is 18.2 Å². The number of nitrogens with zero attached hydrogens (tertiary/aromatic N) is 1. The monoisotopic (exact) mass is 430 g/mol. The molecule has 0 saturated heterocycles. The van der Waals surface area contributed by atoms with Gasteiger partial charge in [-0.05, 0) is 49.9 Å². The fraction of sp³-hybridized carbons (Fsp3) is 0.682. The van der Waals surface area contributed by atoms with E-state index in [-0.39, 0.29) is 19.7 Å². The number of carbonyl (C=O) groups excluding carboxylic acids is 1. The molecule has 0 spiro atoms. The second-order valence-electron chi connectivity index (χ2n) is 8.00. The summed E-state index contributed by atoms with van der Waals surface area (Å²) in [6.45, 7) is 2.93. The van der Waals surface area contributed by atoms with Gasteiger partial charge in [0.15, 0.2) is 0 Å². The number of halogens is 3. The molecule has 0 aliphatic heterocycles. The number of hydrogen-bond acceptors (Lipinski definition) is 4. The van der Waals surface area contributed by atoms with Crippen LogP contribution in [-0.4, -0.2) is 55.4 Å². The Morgan fingerprint density at radius 3 is 2.63 bits per heavy atom. The van der Waals surface area contributed by atoms with E-state index in [0.29, 0.717) is 11.5 Å². The Morgan fingerprint density at radius 1 is 1.30 bits per heavy atom. The molecular formula is C22H33F3N2O3.